The Hall–Kier alpha value is -2.85. The summed E-state index contributed by atoms with van der Waals surface area (Å²) < 4.78 is 24.0. The van der Waals surface area contributed by atoms with E-state index < -0.39 is 20.5 Å². The fourth-order valence-electron chi connectivity index (χ4n) is 4.75. The van der Waals surface area contributed by atoms with Crippen molar-refractivity contribution in [2.75, 3.05) is 12.9 Å². The van der Waals surface area contributed by atoms with Crippen LogP contribution >= 0.6 is 0 Å². The first-order valence-electron chi connectivity index (χ1n) is 10.3. The van der Waals surface area contributed by atoms with Gasteiger partial charge in [-0.05, 0) is 68.1 Å². The van der Waals surface area contributed by atoms with Gasteiger partial charge in [0, 0.05) is 42.0 Å². The van der Waals surface area contributed by atoms with Crippen LogP contribution in [0, 0.1) is 34.5 Å². The number of rotatable bonds is 6. The topological polar surface area (TPSA) is 122 Å². The molecule has 3 aliphatic carbocycles. The maximum atomic E-state index is 12.1. The van der Waals surface area contributed by atoms with E-state index in [2.05, 4.69) is 28.8 Å². The van der Waals surface area contributed by atoms with E-state index >= 15 is 0 Å². The van der Waals surface area contributed by atoms with Crippen molar-refractivity contribution in [2.45, 2.75) is 43.9 Å². The molecule has 5 rings (SSSR count). The Morgan fingerprint density at radius 3 is 2.66 bits per heavy atom. The summed E-state index contributed by atoms with van der Waals surface area (Å²) in [5, 5.41) is 23.5. The minimum Gasteiger partial charge on any atom is -0.396 e. The molecule has 3 N–H and O–H groups in total. The molecule has 1 heterocycles. The van der Waals surface area contributed by atoms with Crippen LogP contribution in [0.5, 0.6) is 0 Å². The maximum absolute atomic E-state index is 12.1. The highest BCUT2D eigenvalue weighted by atomic mass is 32.2. The molecule has 168 valence electrons. The van der Waals surface area contributed by atoms with Crippen molar-refractivity contribution in [1.82, 2.24) is 15.3 Å². The Morgan fingerprint density at radius 1 is 1.31 bits per heavy atom. The average Bonchev–Trinajstić information content (AvgIpc) is 3.10. The number of benzene rings is 1. The minimum absolute atomic E-state index is 0.0478. The van der Waals surface area contributed by atoms with Crippen molar-refractivity contribution in [3.8, 4) is 23.7 Å². The molecular weight excluding hydrogens is 430 g/mol. The van der Waals surface area contributed by atoms with Crippen molar-refractivity contribution in [1.29, 1.82) is 0 Å². The first kappa shape index (κ1) is 22.3. The van der Waals surface area contributed by atoms with E-state index in [9.17, 15) is 18.3 Å². The lowest BCUT2D eigenvalue weighted by molar-refractivity contribution is -0.185. The summed E-state index contributed by atoms with van der Waals surface area (Å²) >= 11 is 0. The number of aromatic nitrogens is 2. The zero-order chi connectivity index (χ0) is 23.2. The van der Waals surface area contributed by atoms with E-state index in [4.69, 9.17) is 5.21 Å². The van der Waals surface area contributed by atoms with Crippen LogP contribution < -0.4 is 5.48 Å². The lowest BCUT2D eigenvalue weighted by Crippen LogP contribution is -2.62. The van der Waals surface area contributed by atoms with Crippen LogP contribution in [0.1, 0.15) is 38.2 Å². The van der Waals surface area contributed by atoms with Crippen molar-refractivity contribution in [3.63, 3.8) is 0 Å². The molecule has 8 nitrogen and oxygen atoms in total. The van der Waals surface area contributed by atoms with Crippen LogP contribution in [-0.4, -0.2) is 52.0 Å². The molecule has 1 aromatic heterocycles. The zero-order valence-electron chi connectivity index (χ0n) is 18.0. The third kappa shape index (κ3) is 3.77. The number of hydrogen-bond acceptors (Lipinski definition) is 6. The predicted molar refractivity (Wildman–Crippen MR) is 118 cm³/mol. The standard InChI is InChI=1S/C23H25N3O5S/c1-21(20(28)25-29,32(2,30)31)9-10-26-12-18-11-17(6-7-19(18)24-26)5-3-4-8-22-13-23(14-22,15-22)16-27/h6-7,11-12,27,29H,9-10,13-16H2,1-2H3,(H,25,28)/t21-,22?,23?/m1/s1. The Bertz CT molecular complexity index is 1300. The van der Waals surface area contributed by atoms with Gasteiger partial charge in [0.05, 0.1) is 5.52 Å². The lowest BCUT2D eigenvalue weighted by atomic mass is 9.36. The Kier molecular flexibility index (Phi) is 5.33. The third-order valence-electron chi connectivity index (χ3n) is 6.84. The highest BCUT2D eigenvalue weighted by molar-refractivity contribution is 7.92. The molecule has 32 heavy (non-hydrogen) atoms. The number of aryl methyl sites for hydroxylation is 1. The molecule has 2 bridgehead atoms. The van der Waals surface area contributed by atoms with Gasteiger partial charge in [0.1, 0.15) is 0 Å². The number of aliphatic hydroxyl groups excluding tert-OH is 1. The number of nitrogens with zero attached hydrogens (tertiary/aromatic N) is 2. The molecule has 0 unspecified atom stereocenters. The van der Waals surface area contributed by atoms with Crippen molar-refractivity contribution >= 4 is 26.6 Å². The molecular formula is C23H25N3O5S. The van der Waals surface area contributed by atoms with Gasteiger partial charge >= 0.3 is 0 Å². The number of carbonyl (C=O) groups is 1. The van der Waals surface area contributed by atoms with E-state index in [0.717, 1.165) is 42.0 Å². The van der Waals surface area contributed by atoms with Crippen molar-refractivity contribution in [2.24, 2.45) is 10.8 Å². The number of nitrogens with one attached hydrogen (secondary N) is 1. The fourth-order valence-corrected chi connectivity index (χ4v) is 5.59. The summed E-state index contributed by atoms with van der Waals surface area (Å²) in [6, 6.07) is 5.55. The monoisotopic (exact) mass is 455 g/mol. The molecule has 2 aromatic rings. The molecule has 1 amide bonds. The average molecular weight is 456 g/mol. The largest absolute Gasteiger partial charge is 0.396 e. The number of hydroxylamine groups is 1. The van der Waals surface area contributed by atoms with Crippen LogP contribution in [0.25, 0.3) is 10.9 Å². The zero-order valence-corrected chi connectivity index (χ0v) is 18.8. The Morgan fingerprint density at radius 2 is 2.03 bits per heavy atom. The van der Waals surface area contributed by atoms with Crippen LogP contribution in [-0.2, 0) is 21.2 Å². The number of fused-ring (bicyclic) bond motifs is 1. The van der Waals surface area contributed by atoms with Crippen molar-refractivity contribution < 1.29 is 23.5 Å². The van der Waals surface area contributed by atoms with E-state index in [0.29, 0.717) is 0 Å². The summed E-state index contributed by atoms with van der Waals surface area (Å²) in [6.45, 7) is 1.70. The Labute approximate surface area is 186 Å². The first-order chi connectivity index (χ1) is 15.0. The van der Waals surface area contributed by atoms with Gasteiger partial charge in [-0.15, -0.1) is 0 Å². The molecule has 0 saturated heterocycles. The number of amides is 1. The van der Waals surface area contributed by atoms with Gasteiger partial charge < -0.3 is 5.11 Å². The van der Waals surface area contributed by atoms with E-state index in [-0.39, 0.29) is 30.4 Å². The number of carbonyl (C=O) groups excluding carboxylic acids is 1. The fraction of sp³-hybridized carbons (Fsp3) is 0.478. The Balaban J connectivity index is 1.45. The highest BCUT2D eigenvalue weighted by Gasteiger charge is 2.66. The lowest BCUT2D eigenvalue weighted by Gasteiger charge is -2.67. The molecule has 3 fully saturated rings. The second-order valence-electron chi connectivity index (χ2n) is 9.33. The van der Waals surface area contributed by atoms with Crippen LogP contribution in [0.2, 0.25) is 0 Å². The van der Waals surface area contributed by atoms with Crippen LogP contribution in [0.4, 0.5) is 0 Å². The number of sulfone groups is 1. The molecule has 0 radical (unpaired) electrons. The summed E-state index contributed by atoms with van der Waals surface area (Å²) in [5.41, 5.74) is 3.15. The van der Waals surface area contributed by atoms with Gasteiger partial charge in [0.15, 0.2) is 14.6 Å². The summed E-state index contributed by atoms with van der Waals surface area (Å²) in [5.74, 6) is 11.1. The molecule has 0 aliphatic heterocycles. The van der Waals surface area contributed by atoms with Gasteiger partial charge in [-0.1, -0.05) is 11.8 Å². The molecule has 1 aromatic carbocycles. The first-order valence-corrected chi connectivity index (χ1v) is 12.2. The van der Waals surface area contributed by atoms with Gasteiger partial charge in [-0.2, -0.15) is 5.10 Å². The summed E-state index contributed by atoms with van der Waals surface area (Å²) in [7, 11) is -3.76. The van der Waals surface area contributed by atoms with E-state index in [1.54, 1.807) is 10.9 Å². The number of hydrogen-bond donors (Lipinski definition) is 3. The highest BCUT2D eigenvalue weighted by Crippen LogP contribution is 2.72. The SMILES string of the molecule is C[C@@](CCn1cc2cc(C#CC#CC34CC(CO)(C3)C4)ccc2n1)(C(=O)NO)S(C)(=O)=O. The molecule has 1 atom stereocenters. The molecule has 3 saturated carbocycles. The van der Waals surface area contributed by atoms with Crippen LogP contribution in [0.3, 0.4) is 0 Å². The van der Waals surface area contributed by atoms with Gasteiger partial charge in [0.25, 0.3) is 5.91 Å². The van der Waals surface area contributed by atoms with Gasteiger partial charge in [-0.25, -0.2) is 13.9 Å². The summed E-state index contributed by atoms with van der Waals surface area (Å²) in [4.78, 5) is 12.0. The second-order valence-corrected chi connectivity index (χ2v) is 11.8. The quantitative estimate of drug-likeness (QED) is 0.342. The number of aliphatic hydroxyl groups is 1. The maximum Gasteiger partial charge on any atom is 0.264 e. The predicted octanol–water partition coefficient (Wildman–Crippen LogP) is 1.25. The van der Waals surface area contributed by atoms with E-state index in [1.807, 2.05) is 18.2 Å². The minimum atomic E-state index is -3.76. The smallest absolute Gasteiger partial charge is 0.264 e. The van der Waals surface area contributed by atoms with Crippen molar-refractivity contribution in [3.05, 3.63) is 30.0 Å². The molecule has 9 heteroatoms. The van der Waals surface area contributed by atoms with E-state index in [1.165, 1.54) is 12.4 Å². The van der Waals surface area contributed by atoms with Gasteiger partial charge in [-0.3, -0.25) is 14.7 Å². The molecule has 0 spiro atoms. The van der Waals surface area contributed by atoms with Gasteiger partial charge in [0.2, 0.25) is 0 Å². The normalized spacial score (nSPS) is 25.2. The third-order valence-corrected chi connectivity index (χ3v) is 8.87. The summed E-state index contributed by atoms with van der Waals surface area (Å²) in [6.07, 6.45) is 5.59. The molecule has 3 aliphatic rings. The second kappa shape index (κ2) is 7.63. The van der Waals surface area contributed by atoms with Crippen LogP contribution in [0.15, 0.2) is 24.4 Å².